The minimum absolute atomic E-state index is 0.0762. The molecule has 1 aliphatic rings. The van der Waals surface area contributed by atoms with E-state index in [1.807, 2.05) is 42.2 Å². The van der Waals surface area contributed by atoms with Crippen LogP contribution in [0.3, 0.4) is 0 Å². The first-order valence-corrected chi connectivity index (χ1v) is 8.82. The molecule has 1 saturated heterocycles. The van der Waals surface area contributed by atoms with E-state index < -0.39 is 0 Å². The van der Waals surface area contributed by atoms with Gasteiger partial charge in [-0.05, 0) is 37.1 Å². The van der Waals surface area contributed by atoms with E-state index >= 15 is 0 Å². The van der Waals surface area contributed by atoms with Crippen molar-refractivity contribution in [1.29, 1.82) is 0 Å². The number of carbonyl (C=O) groups excluding carboxylic acids is 1. The van der Waals surface area contributed by atoms with Crippen LogP contribution in [-0.2, 0) is 0 Å². The number of nitrogens with one attached hydrogen (secondary N) is 1. The van der Waals surface area contributed by atoms with E-state index in [-0.39, 0.29) is 17.7 Å². The van der Waals surface area contributed by atoms with Gasteiger partial charge >= 0.3 is 0 Å². The normalized spacial score (nSPS) is 19.8. The molecular weight excluding hydrogens is 328 g/mol. The zero-order valence-electron chi connectivity index (χ0n) is 14.7. The molecule has 1 aromatic carbocycles. The number of furan rings is 1. The van der Waals surface area contributed by atoms with Crippen molar-refractivity contribution in [2.45, 2.75) is 12.8 Å². The van der Waals surface area contributed by atoms with Crippen molar-refractivity contribution in [3.8, 4) is 11.5 Å². The second kappa shape index (κ2) is 6.80. The van der Waals surface area contributed by atoms with Gasteiger partial charge in [0.15, 0.2) is 11.5 Å². The van der Waals surface area contributed by atoms with Gasteiger partial charge in [-0.2, -0.15) is 5.10 Å². The van der Waals surface area contributed by atoms with Crippen LogP contribution in [0.1, 0.15) is 27.7 Å². The number of benzene rings is 1. The Bertz CT molecular complexity index is 899. The van der Waals surface area contributed by atoms with E-state index in [1.54, 1.807) is 6.07 Å². The van der Waals surface area contributed by atoms with Gasteiger partial charge in [0.1, 0.15) is 11.5 Å². The third-order valence-corrected chi connectivity index (χ3v) is 5.06. The number of likely N-dealkylation sites (tertiary alicyclic amines) is 1. The summed E-state index contributed by atoms with van der Waals surface area (Å²) >= 11 is 0. The van der Waals surface area contributed by atoms with Gasteiger partial charge in [-0.15, -0.1) is 0 Å². The molecule has 26 heavy (non-hydrogen) atoms. The van der Waals surface area contributed by atoms with Crippen LogP contribution in [-0.4, -0.2) is 40.6 Å². The van der Waals surface area contributed by atoms with Crippen LogP contribution in [0, 0.1) is 12.8 Å². The Labute approximate surface area is 152 Å². The van der Waals surface area contributed by atoms with Crippen LogP contribution in [0.15, 0.2) is 52.9 Å². The Balaban J connectivity index is 1.53. The molecule has 0 saturated carbocycles. The van der Waals surface area contributed by atoms with Crippen molar-refractivity contribution in [1.82, 2.24) is 15.1 Å². The molecule has 6 nitrogen and oxygen atoms in total. The summed E-state index contributed by atoms with van der Waals surface area (Å²) in [7, 11) is 0. The fourth-order valence-electron chi connectivity index (χ4n) is 3.65. The van der Waals surface area contributed by atoms with Gasteiger partial charge in [-0.25, -0.2) is 0 Å². The highest BCUT2D eigenvalue weighted by Crippen LogP contribution is 2.33. The SMILES string of the molecule is Cc1ccc(-c2cc(C(=O)N3C[C@@H](CN)[C@H](c4ccccc4)C3)n[nH]2)o1. The van der Waals surface area contributed by atoms with E-state index in [2.05, 4.69) is 22.3 Å². The molecule has 134 valence electrons. The van der Waals surface area contributed by atoms with Crippen molar-refractivity contribution in [3.63, 3.8) is 0 Å². The molecular formula is C20H22N4O2. The highest BCUT2D eigenvalue weighted by molar-refractivity contribution is 5.93. The van der Waals surface area contributed by atoms with E-state index in [4.69, 9.17) is 10.2 Å². The van der Waals surface area contributed by atoms with Crippen molar-refractivity contribution in [3.05, 3.63) is 65.5 Å². The molecule has 0 spiro atoms. The smallest absolute Gasteiger partial charge is 0.274 e. The number of hydrogen-bond donors (Lipinski definition) is 2. The standard InChI is InChI=1S/C20H22N4O2/c1-13-7-8-19(26-13)17-9-18(23-22-17)20(25)24-11-15(10-21)16(12-24)14-5-3-2-4-6-14/h2-9,15-16H,10-12,21H2,1H3,(H,22,23)/t15-,16+/m1/s1. The lowest BCUT2D eigenvalue weighted by Crippen LogP contribution is -2.30. The van der Waals surface area contributed by atoms with E-state index in [9.17, 15) is 4.79 Å². The monoisotopic (exact) mass is 350 g/mol. The fraction of sp³-hybridized carbons (Fsp3) is 0.300. The summed E-state index contributed by atoms with van der Waals surface area (Å²) in [5, 5.41) is 7.08. The van der Waals surface area contributed by atoms with E-state index in [0.29, 0.717) is 36.8 Å². The molecule has 4 rings (SSSR count). The number of H-pyrrole nitrogens is 1. The van der Waals surface area contributed by atoms with Crippen LogP contribution in [0.2, 0.25) is 0 Å². The Morgan fingerprint density at radius 2 is 2.08 bits per heavy atom. The summed E-state index contributed by atoms with van der Waals surface area (Å²) in [6.45, 7) is 3.75. The summed E-state index contributed by atoms with van der Waals surface area (Å²) in [6, 6.07) is 15.8. The average Bonchev–Trinajstić information content (AvgIpc) is 3.40. The van der Waals surface area contributed by atoms with Gasteiger partial charge in [0.25, 0.3) is 5.91 Å². The lowest BCUT2D eigenvalue weighted by atomic mass is 9.89. The van der Waals surface area contributed by atoms with Crippen LogP contribution in [0.25, 0.3) is 11.5 Å². The maximum Gasteiger partial charge on any atom is 0.274 e. The number of rotatable bonds is 4. The average molecular weight is 350 g/mol. The second-order valence-electron chi connectivity index (χ2n) is 6.80. The lowest BCUT2D eigenvalue weighted by Gasteiger charge is -2.16. The minimum Gasteiger partial charge on any atom is -0.460 e. The topological polar surface area (TPSA) is 88.1 Å². The Morgan fingerprint density at radius 1 is 1.27 bits per heavy atom. The Kier molecular flexibility index (Phi) is 4.34. The van der Waals surface area contributed by atoms with E-state index in [1.165, 1.54) is 5.56 Å². The molecule has 1 aliphatic heterocycles. The van der Waals surface area contributed by atoms with Gasteiger partial charge in [0, 0.05) is 25.1 Å². The van der Waals surface area contributed by atoms with Gasteiger partial charge in [0.05, 0.1) is 0 Å². The first-order chi connectivity index (χ1) is 12.7. The quantitative estimate of drug-likeness (QED) is 0.757. The predicted molar refractivity (Wildman–Crippen MR) is 98.7 cm³/mol. The molecule has 3 N–H and O–H groups in total. The fourth-order valence-corrected chi connectivity index (χ4v) is 3.65. The summed E-state index contributed by atoms with van der Waals surface area (Å²) in [4.78, 5) is 14.8. The zero-order chi connectivity index (χ0) is 18.1. The molecule has 2 atom stereocenters. The van der Waals surface area contributed by atoms with Crippen LogP contribution < -0.4 is 5.73 Å². The van der Waals surface area contributed by atoms with Crippen molar-refractivity contribution < 1.29 is 9.21 Å². The molecule has 0 aliphatic carbocycles. The van der Waals surface area contributed by atoms with Crippen molar-refractivity contribution in [2.24, 2.45) is 11.7 Å². The first kappa shape index (κ1) is 16.6. The Morgan fingerprint density at radius 3 is 2.77 bits per heavy atom. The van der Waals surface area contributed by atoms with Crippen LogP contribution >= 0.6 is 0 Å². The molecule has 2 aromatic heterocycles. The third kappa shape index (κ3) is 3.04. The summed E-state index contributed by atoms with van der Waals surface area (Å²) in [6.07, 6.45) is 0. The number of aromatic amines is 1. The number of aromatic nitrogens is 2. The molecule has 6 heteroatoms. The van der Waals surface area contributed by atoms with Gasteiger partial charge in [0.2, 0.25) is 0 Å². The summed E-state index contributed by atoms with van der Waals surface area (Å²) < 4.78 is 5.58. The number of carbonyl (C=O) groups is 1. The van der Waals surface area contributed by atoms with Gasteiger partial charge < -0.3 is 15.1 Å². The first-order valence-electron chi connectivity index (χ1n) is 8.82. The molecule has 0 unspecified atom stereocenters. The van der Waals surface area contributed by atoms with Gasteiger partial charge in [-0.3, -0.25) is 9.89 Å². The summed E-state index contributed by atoms with van der Waals surface area (Å²) in [5.41, 5.74) is 8.31. The number of nitrogens with two attached hydrogens (primary N) is 1. The lowest BCUT2D eigenvalue weighted by molar-refractivity contribution is 0.0780. The molecule has 3 aromatic rings. The second-order valence-corrected chi connectivity index (χ2v) is 6.80. The number of amides is 1. The number of aryl methyl sites for hydroxylation is 1. The molecule has 0 bridgehead atoms. The van der Waals surface area contributed by atoms with E-state index in [0.717, 1.165) is 5.76 Å². The maximum atomic E-state index is 12.9. The minimum atomic E-state index is -0.0762. The summed E-state index contributed by atoms with van der Waals surface area (Å²) in [5.74, 6) is 1.94. The molecule has 3 heterocycles. The molecule has 1 fully saturated rings. The highest BCUT2D eigenvalue weighted by Gasteiger charge is 2.36. The number of hydrogen-bond acceptors (Lipinski definition) is 4. The Hall–Kier alpha value is -2.86. The largest absolute Gasteiger partial charge is 0.460 e. The molecule has 1 amide bonds. The van der Waals surface area contributed by atoms with Crippen molar-refractivity contribution >= 4 is 5.91 Å². The third-order valence-electron chi connectivity index (χ3n) is 5.06. The highest BCUT2D eigenvalue weighted by atomic mass is 16.3. The van der Waals surface area contributed by atoms with Gasteiger partial charge in [-0.1, -0.05) is 30.3 Å². The van der Waals surface area contributed by atoms with Crippen molar-refractivity contribution in [2.75, 3.05) is 19.6 Å². The molecule has 0 radical (unpaired) electrons. The van der Waals surface area contributed by atoms with Crippen LogP contribution in [0.4, 0.5) is 0 Å². The van der Waals surface area contributed by atoms with Crippen LogP contribution in [0.5, 0.6) is 0 Å². The maximum absolute atomic E-state index is 12.9. The number of nitrogens with zero attached hydrogens (tertiary/aromatic N) is 2. The predicted octanol–water partition coefficient (Wildman–Crippen LogP) is 2.79. The zero-order valence-corrected chi connectivity index (χ0v) is 14.7.